The molecule has 0 spiro atoms. The predicted molar refractivity (Wildman–Crippen MR) is 139 cm³/mol. The molecule has 0 unspecified atom stereocenters. The molecule has 0 saturated carbocycles. The standard InChI is InChI=1S/C27H32Cl2FN3O3/c28-20-6-3-7-21(29)24(20)25(34)32-23(26(35)36)12-16-33-15-4-13-27(30,17-33)14-11-19-10-9-18-5-1-2-8-22(18)31-19/h3,6-7,9-10,23H,1-2,4-5,8,11-17H2,(H,32,34)(H,35,36)/t23-,27+/m0/s1. The maximum atomic E-state index is 15.8. The number of rotatable bonds is 9. The lowest BCUT2D eigenvalue weighted by molar-refractivity contribution is -0.139. The minimum Gasteiger partial charge on any atom is -0.480 e. The van der Waals surface area contributed by atoms with E-state index in [1.165, 1.54) is 24.1 Å². The van der Waals surface area contributed by atoms with Crippen molar-refractivity contribution in [3.05, 3.63) is 62.9 Å². The zero-order valence-electron chi connectivity index (χ0n) is 20.2. The van der Waals surface area contributed by atoms with Gasteiger partial charge >= 0.3 is 5.97 Å². The van der Waals surface area contributed by atoms with Gasteiger partial charge in [-0.1, -0.05) is 35.3 Å². The first-order chi connectivity index (χ1) is 17.2. The van der Waals surface area contributed by atoms with E-state index in [1.54, 1.807) is 6.07 Å². The molecule has 1 aromatic carbocycles. The fraction of sp³-hybridized carbons (Fsp3) is 0.519. The minimum atomic E-state index is -1.34. The number of halogens is 3. The number of alkyl halides is 1. The van der Waals surface area contributed by atoms with E-state index in [4.69, 9.17) is 28.2 Å². The molecule has 0 radical (unpaired) electrons. The molecule has 1 aromatic heterocycles. The van der Waals surface area contributed by atoms with Gasteiger partial charge in [0.25, 0.3) is 5.91 Å². The largest absolute Gasteiger partial charge is 0.480 e. The second kappa shape index (κ2) is 11.9. The van der Waals surface area contributed by atoms with Gasteiger partial charge in [-0.15, -0.1) is 0 Å². The summed E-state index contributed by atoms with van der Waals surface area (Å²) < 4.78 is 15.8. The van der Waals surface area contributed by atoms with Crippen LogP contribution in [0.5, 0.6) is 0 Å². The summed E-state index contributed by atoms with van der Waals surface area (Å²) in [6.45, 7) is 1.30. The Morgan fingerprint density at radius 3 is 2.64 bits per heavy atom. The van der Waals surface area contributed by atoms with E-state index in [9.17, 15) is 14.7 Å². The Balaban J connectivity index is 1.31. The van der Waals surface area contributed by atoms with E-state index >= 15 is 4.39 Å². The molecule has 2 N–H and O–H groups in total. The van der Waals surface area contributed by atoms with Crippen molar-refractivity contribution in [2.24, 2.45) is 0 Å². The molecular formula is C27H32Cl2FN3O3. The fourth-order valence-corrected chi connectivity index (χ4v) is 5.78. The molecular weight excluding hydrogens is 504 g/mol. The number of piperidine rings is 1. The number of nitrogens with one attached hydrogen (secondary N) is 1. The number of nitrogens with zero attached hydrogens (tertiary/aromatic N) is 2. The minimum absolute atomic E-state index is 0.0450. The van der Waals surface area contributed by atoms with E-state index in [0.29, 0.717) is 38.8 Å². The van der Waals surface area contributed by atoms with Gasteiger partial charge in [-0.2, -0.15) is 0 Å². The molecule has 0 bridgehead atoms. The molecule has 1 fully saturated rings. The molecule has 9 heteroatoms. The third kappa shape index (κ3) is 6.75. The number of fused-ring (bicyclic) bond motifs is 1. The Morgan fingerprint density at radius 2 is 1.89 bits per heavy atom. The molecule has 1 amide bonds. The van der Waals surface area contributed by atoms with Crippen molar-refractivity contribution in [2.45, 2.75) is 69.5 Å². The summed E-state index contributed by atoms with van der Waals surface area (Å²) in [7, 11) is 0. The van der Waals surface area contributed by atoms with E-state index in [2.05, 4.69) is 11.4 Å². The SMILES string of the molecule is O=C(N[C@@H](CCN1CCC[C@@](F)(CCc2ccc3c(n2)CCCC3)C1)C(=O)O)c1c(Cl)cccc1Cl. The van der Waals surface area contributed by atoms with Gasteiger partial charge in [-0.25, -0.2) is 9.18 Å². The Kier molecular flexibility index (Phi) is 8.86. The maximum Gasteiger partial charge on any atom is 0.326 e. The number of pyridine rings is 1. The van der Waals surface area contributed by atoms with Gasteiger partial charge in [-0.05, 0) is 88.1 Å². The van der Waals surface area contributed by atoms with Crippen molar-refractivity contribution in [2.75, 3.05) is 19.6 Å². The zero-order valence-corrected chi connectivity index (χ0v) is 21.8. The number of hydrogen-bond acceptors (Lipinski definition) is 4. The van der Waals surface area contributed by atoms with Crippen molar-refractivity contribution < 1.29 is 19.1 Å². The van der Waals surface area contributed by atoms with Crippen LogP contribution in [0.4, 0.5) is 4.39 Å². The van der Waals surface area contributed by atoms with Crippen molar-refractivity contribution in [3.63, 3.8) is 0 Å². The fourth-order valence-electron chi connectivity index (χ4n) is 5.21. The first-order valence-electron chi connectivity index (χ1n) is 12.6. The number of benzene rings is 1. The average molecular weight is 536 g/mol. The Morgan fingerprint density at radius 1 is 1.14 bits per heavy atom. The van der Waals surface area contributed by atoms with Gasteiger partial charge in [-0.3, -0.25) is 9.78 Å². The zero-order chi connectivity index (χ0) is 25.7. The van der Waals surface area contributed by atoms with Crippen LogP contribution in [0.2, 0.25) is 10.0 Å². The lowest BCUT2D eigenvalue weighted by atomic mass is 9.88. The van der Waals surface area contributed by atoms with E-state index in [-0.39, 0.29) is 28.6 Å². The Bertz CT molecular complexity index is 1100. The van der Waals surface area contributed by atoms with Crippen LogP contribution in [0.15, 0.2) is 30.3 Å². The number of amides is 1. The third-order valence-electron chi connectivity index (χ3n) is 7.20. The highest BCUT2D eigenvalue weighted by Crippen LogP contribution is 2.31. The van der Waals surface area contributed by atoms with Crippen LogP contribution >= 0.6 is 23.2 Å². The lowest BCUT2D eigenvalue weighted by Gasteiger charge is -2.38. The van der Waals surface area contributed by atoms with Crippen molar-refractivity contribution in [1.82, 2.24) is 15.2 Å². The summed E-state index contributed by atoms with van der Waals surface area (Å²) in [5.41, 5.74) is 2.13. The summed E-state index contributed by atoms with van der Waals surface area (Å²) in [6.07, 6.45) is 6.75. The molecule has 1 saturated heterocycles. The number of carbonyl (C=O) groups excluding carboxylic acids is 1. The third-order valence-corrected chi connectivity index (χ3v) is 7.83. The monoisotopic (exact) mass is 535 g/mol. The Labute approximate surface area is 221 Å². The molecule has 2 aromatic rings. The number of carboxylic acids is 1. The number of aliphatic carboxylic acids is 1. The number of aryl methyl sites for hydroxylation is 3. The lowest BCUT2D eigenvalue weighted by Crippen LogP contribution is -2.48. The normalized spacial score (nSPS) is 21.0. The molecule has 36 heavy (non-hydrogen) atoms. The van der Waals surface area contributed by atoms with E-state index < -0.39 is 23.6 Å². The van der Waals surface area contributed by atoms with Gasteiger partial charge in [0.15, 0.2) is 0 Å². The molecule has 2 heterocycles. The number of carboxylic acid groups (broad SMARTS) is 1. The number of carbonyl (C=O) groups is 2. The highest BCUT2D eigenvalue weighted by Gasteiger charge is 2.36. The first-order valence-corrected chi connectivity index (χ1v) is 13.4. The van der Waals surface area contributed by atoms with Gasteiger partial charge in [0.2, 0.25) is 0 Å². The van der Waals surface area contributed by atoms with E-state index in [0.717, 1.165) is 30.7 Å². The van der Waals surface area contributed by atoms with Crippen LogP contribution in [0.25, 0.3) is 0 Å². The van der Waals surface area contributed by atoms with Crippen LogP contribution < -0.4 is 5.32 Å². The first kappa shape index (κ1) is 26.8. The summed E-state index contributed by atoms with van der Waals surface area (Å²) in [5.74, 6) is -1.80. The van der Waals surface area contributed by atoms with Crippen molar-refractivity contribution in [3.8, 4) is 0 Å². The number of aromatic nitrogens is 1. The quantitative estimate of drug-likeness (QED) is 0.456. The molecule has 1 aliphatic carbocycles. The summed E-state index contributed by atoms with van der Waals surface area (Å²) in [5, 5.41) is 12.5. The second-order valence-electron chi connectivity index (χ2n) is 9.90. The van der Waals surface area contributed by atoms with Crippen molar-refractivity contribution >= 4 is 35.1 Å². The summed E-state index contributed by atoms with van der Waals surface area (Å²) >= 11 is 12.2. The molecule has 2 atom stereocenters. The molecule has 2 aliphatic rings. The smallest absolute Gasteiger partial charge is 0.326 e. The van der Waals surface area contributed by atoms with Crippen molar-refractivity contribution in [1.29, 1.82) is 0 Å². The number of likely N-dealkylation sites (tertiary alicyclic amines) is 1. The van der Waals surface area contributed by atoms with Gasteiger partial charge in [0.1, 0.15) is 11.7 Å². The van der Waals surface area contributed by atoms with Crippen LogP contribution in [-0.4, -0.2) is 58.2 Å². The Hall–Kier alpha value is -2.22. The topological polar surface area (TPSA) is 82.5 Å². The van der Waals surface area contributed by atoms with Gasteiger partial charge in [0, 0.05) is 24.5 Å². The van der Waals surface area contributed by atoms with Crippen LogP contribution in [0.1, 0.15) is 65.8 Å². The van der Waals surface area contributed by atoms with Gasteiger partial charge in [0.05, 0.1) is 15.6 Å². The van der Waals surface area contributed by atoms with Crippen LogP contribution in [0.3, 0.4) is 0 Å². The summed E-state index contributed by atoms with van der Waals surface area (Å²) in [6, 6.07) is 7.68. The number of hydrogen-bond donors (Lipinski definition) is 2. The molecule has 4 rings (SSSR count). The van der Waals surface area contributed by atoms with E-state index in [1.807, 2.05) is 11.0 Å². The highest BCUT2D eigenvalue weighted by atomic mass is 35.5. The van der Waals surface area contributed by atoms with Crippen LogP contribution in [0, 0.1) is 0 Å². The molecule has 194 valence electrons. The molecule has 6 nitrogen and oxygen atoms in total. The maximum absolute atomic E-state index is 15.8. The predicted octanol–water partition coefficient (Wildman–Crippen LogP) is 5.28. The van der Waals surface area contributed by atoms with Crippen LogP contribution in [-0.2, 0) is 24.1 Å². The average Bonchev–Trinajstić information content (AvgIpc) is 2.85. The highest BCUT2D eigenvalue weighted by molar-refractivity contribution is 6.39. The second-order valence-corrected chi connectivity index (χ2v) is 10.7. The molecule has 1 aliphatic heterocycles. The summed E-state index contributed by atoms with van der Waals surface area (Å²) in [4.78, 5) is 31.2. The van der Waals surface area contributed by atoms with Gasteiger partial charge < -0.3 is 15.3 Å².